The van der Waals surface area contributed by atoms with Gasteiger partial charge in [0.25, 0.3) is 0 Å². The maximum absolute atomic E-state index is 12.4. The molecule has 0 aliphatic heterocycles. The minimum Gasteiger partial charge on any atom is -0.492 e. The smallest absolute Gasteiger partial charge is 0.420 e. The zero-order valence-corrected chi connectivity index (χ0v) is 20.1. The number of hydrogen-bond donors (Lipinski definition) is 0. The molecule has 0 atom stereocenters. The molecule has 0 N–H and O–H groups in total. The van der Waals surface area contributed by atoms with Gasteiger partial charge in [0.15, 0.2) is 11.5 Å². The predicted octanol–water partition coefficient (Wildman–Crippen LogP) is 3.77. The Kier molecular flexibility index (Phi) is 7.85. The van der Waals surface area contributed by atoms with Crippen molar-refractivity contribution in [1.82, 2.24) is 4.57 Å². The summed E-state index contributed by atoms with van der Waals surface area (Å²) in [4.78, 5) is 36.2. The highest BCUT2D eigenvalue weighted by atomic mass is 16.5. The van der Waals surface area contributed by atoms with Crippen molar-refractivity contribution in [2.24, 2.45) is 5.92 Å². The molecule has 0 fully saturated rings. The van der Waals surface area contributed by atoms with Gasteiger partial charge in [-0.2, -0.15) is 0 Å². The Bertz CT molecular complexity index is 1370. The van der Waals surface area contributed by atoms with E-state index in [2.05, 4.69) is 12.1 Å². The second kappa shape index (κ2) is 11.4. The fourth-order valence-electron chi connectivity index (χ4n) is 4.02. The highest BCUT2D eigenvalue weighted by molar-refractivity contribution is 5.95. The minimum atomic E-state index is -1.03. The number of esters is 2. The quantitative estimate of drug-likeness (QED) is 0.247. The van der Waals surface area contributed by atoms with Crippen molar-refractivity contribution in [2.45, 2.75) is 19.4 Å². The molecule has 1 heterocycles. The maximum atomic E-state index is 12.4. The molecule has 0 radical (unpaired) electrons. The first-order valence-electron chi connectivity index (χ1n) is 11.5. The van der Waals surface area contributed by atoms with E-state index in [9.17, 15) is 14.4 Å². The summed E-state index contributed by atoms with van der Waals surface area (Å²) >= 11 is 0. The van der Waals surface area contributed by atoms with Gasteiger partial charge in [0, 0.05) is 0 Å². The average Bonchev–Trinajstić information content (AvgIpc) is 3.21. The van der Waals surface area contributed by atoms with Crippen LogP contribution in [-0.4, -0.2) is 37.3 Å². The van der Waals surface area contributed by atoms with E-state index in [1.807, 2.05) is 36.4 Å². The lowest BCUT2D eigenvalue weighted by molar-refractivity contribution is -0.158. The van der Waals surface area contributed by atoms with Gasteiger partial charge in [-0.15, -0.1) is 0 Å². The van der Waals surface area contributed by atoms with Crippen LogP contribution in [0.3, 0.4) is 0 Å². The van der Waals surface area contributed by atoms with E-state index in [0.717, 1.165) is 17.5 Å². The van der Waals surface area contributed by atoms with Crippen molar-refractivity contribution in [2.75, 3.05) is 20.8 Å². The number of methoxy groups -OCH3 is 2. The number of aromatic nitrogens is 1. The standard InChI is InChI=1S/C28H27NO7/c1-33-26(30)23(27(31)34-2)17-20-8-11-22(12-9-20)35-15-14-29-24-13-10-21(18-25(24)36-28(29)32)16-19-6-4-3-5-7-19/h3-13,18,23H,14-17H2,1-2H3. The van der Waals surface area contributed by atoms with Crippen molar-refractivity contribution >= 4 is 23.0 Å². The summed E-state index contributed by atoms with van der Waals surface area (Å²) in [6, 6.07) is 22.9. The van der Waals surface area contributed by atoms with Crippen LogP contribution in [-0.2, 0) is 38.4 Å². The van der Waals surface area contributed by atoms with Crippen LogP contribution in [0.4, 0.5) is 0 Å². The summed E-state index contributed by atoms with van der Waals surface area (Å²) in [5.41, 5.74) is 4.26. The van der Waals surface area contributed by atoms with E-state index < -0.39 is 23.6 Å². The Labute approximate surface area is 208 Å². The number of carbonyl (C=O) groups excluding carboxylic acids is 2. The van der Waals surface area contributed by atoms with Crippen LogP contribution in [0.2, 0.25) is 0 Å². The third kappa shape index (κ3) is 5.83. The van der Waals surface area contributed by atoms with Crippen molar-refractivity contribution in [3.05, 3.63) is 100 Å². The number of rotatable bonds is 10. The molecule has 0 amide bonds. The van der Waals surface area contributed by atoms with Crippen LogP contribution in [0.25, 0.3) is 11.1 Å². The highest BCUT2D eigenvalue weighted by Crippen LogP contribution is 2.19. The van der Waals surface area contributed by atoms with E-state index in [0.29, 0.717) is 23.4 Å². The van der Waals surface area contributed by atoms with Crippen molar-refractivity contribution < 1.29 is 28.2 Å². The van der Waals surface area contributed by atoms with E-state index in [1.165, 1.54) is 19.8 Å². The molecule has 0 bridgehead atoms. The van der Waals surface area contributed by atoms with Gasteiger partial charge < -0.3 is 18.6 Å². The van der Waals surface area contributed by atoms with Gasteiger partial charge in [-0.1, -0.05) is 48.5 Å². The molecule has 4 rings (SSSR count). The number of oxazole rings is 1. The molecule has 0 unspecified atom stereocenters. The SMILES string of the molecule is COC(=O)C(Cc1ccc(OCCn2c(=O)oc3cc(Cc4ccccc4)ccc32)cc1)C(=O)OC. The van der Waals surface area contributed by atoms with Gasteiger partial charge in [0.2, 0.25) is 0 Å². The second-order valence-electron chi connectivity index (χ2n) is 8.28. The fraction of sp³-hybridized carbons (Fsp3) is 0.250. The summed E-state index contributed by atoms with van der Waals surface area (Å²) in [7, 11) is 2.46. The normalized spacial score (nSPS) is 11.0. The van der Waals surface area contributed by atoms with E-state index in [4.69, 9.17) is 18.6 Å². The Morgan fingerprint density at radius 3 is 2.19 bits per heavy atom. The van der Waals surface area contributed by atoms with Gasteiger partial charge in [-0.25, -0.2) is 4.79 Å². The van der Waals surface area contributed by atoms with E-state index >= 15 is 0 Å². The molecule has 186 valence electrons. The molecule has 3 aromatic carbocycles. The Morgan fingerprint density at radius 2 is 1.53 bits per heavy atom. The second-order valence-corrected chi connectivity index (χ2v) is 8.28. The Hall–Kier alpha value is -4.33. The Balaban J connectivity index is 1.37. The monoisotopic (exact) mass is 489 g/mol. The molecule has 8 heteroatoms. The van der Waals surface area contributed by atoms with Crippen molar-refractivity contribution in [3.63, 3.8) is 0 Å². The zero-order chi connectivity index (χ0) is 25.5. The molecule has 0 aliphatic rings. The average molecular weight is 490 g/mol. The van der Waals surface area contributed by atoms with E-state index in [1.54, 1.807) is 28.8 Å². The van der Waals surface area contributed by atoms with Crippen LogP contribution in [0.5, 0.6) is 5.75 Å². The van der Waals surface area contributed by atoms with Crippen LogP contribution in [0, 0.1) is 5.92 Å². The van der Waals surface area contributed by atoms with Crippen LogP contribution >= 0.6 is 0 Å². The zero-order valence-electron chi connectivity index (χ0n) is 20.1. The third-order valence-electron chi connectivity index (χ3n) is 5.90. The molecule has 4 aromatic rings. The number of benzene rings is 3. The number of carbonyl (C=O) groups is 2. The van der Waals surface area contributed by atoms with Gasteiger partial charge in [-0.05, 0) is 53.8 Å². The maximum Gasteiger partial charge on any atom is 0.420 e. The lowest BCUT2D eigenvalue weighted by Gasteiger charge is -2.13. The number of nitrogens with zero attached hydrogens (tertiary/aromatic N) is 1. The fourth-order valence-corrected chi connectivity index (χ4v) is 4.02. The summed E-state index contributed by atoms with van der Waals surface area (Å²) in [6.07, 6.45) is 0.910. The van der Waals surface area contributed by atoms with Crippen LogP contribution in [0.15, 0.2) is 82.0 Å². The first kappa shape index (κ1) is 24.8. The highest BCUT2D eigenvalue weighted by Gasteiger charge is 2.28. The van der Waals surface area contributed by atoms with E-state index in [-0.39, 0.29) is 13.0 Å². The first-order chi connectivity index (χ1) is 17.5. The van der Waals surface area contributed by atoms with Gasteiger partial charge >= 0.3 is 17.7 Å². The number of fused-ring (bicyclic) bond motifs is 1. The van der Waals surface area contributed by atoms with Gasteiger partial charge in [0.05, 0.1) is 26.3 Å². The van der Waals surface area contributed by atoms with Crippen LogP contribution < -0.4 is 10.5 Å². The first-order valence-corrected chi connectivity index (χ1v) is 11.5. The molecule has 0 saturated heterocycles. The van der Waals surface area contributed by atoms with Gasteiger partial charge in [0.1, 0.15) is 12.4 Å². The number of ether oxygens (including phenoxy) is 3. The largest absolute Gasteiger partial charge is 0.492 e. The van der Waals surface area contributed by atoms with Crippen molar-refractivity contribution in [3.8, 4) is 5.75 Å². The summed E-state index contributed by atoms with van der Waals surface area (Å²) in [5.74, 6) is -2.16. The lowest BCUT2D eigenvalue weighted by Crippen LogP contribution is -2.28. The van der Waals surface area contributed by atoms with Crippen LogP contribution in [0.1, 0.15) is 16.7 Å². The summed E-state index contributed by atoms with van der Waals surface area (Å²) in [6.45, 7) is 0.574. The third-order valence-corrected chi connectivity index (χ3v) is 5.90. The molecule has 8 nitrogen and oxygen atoms in total. The molecule has 1 aromatic heterocycles. The van der Waals surface area contributed by atoms with Gasteiger partial charge in [-0.3, -0.25) is 14.2 Å². The lowest BCUT2D eigenvalue weighted by atomic mass is 9.99. The summed E-state index contributed by atoms with van der Waals surface area (Å²) in [5, 5.41) is 0. The number of hydrogen-bond acceptors (Lipinski definition) is 7. The molecule has 0 aliphatic carbocycles. The molecular formula is C28H27NO7. The Morgan fingerprint density at radius 1 is 0.861 bits per heavy atom. The molecular weight excluding hydrogens is 462 g/mol. The molecule has 0 spiro atoms. The minimum absolute atomic E-state index is 0.155. The molecule has 0 saturated carbocycles. The predicted molar refractivity (Wildman–Crippen MR) is 133 cm³/mol. The topological polar surface area (TPSA) is 97.0 Å². The summed E-state index contributed by atoms with van der Waals surface area (Å²) < 4.78 is 22.2. The molecule has 36 heavy (non-hydrogen) atoms. The van der Waals surface area contributed by atoms with Crippen molar-refractivity contribution in [1.29, 1.82) is 0 Å².